The first-order chi connectivity index (χ1) is 16.0. The van der Waals surface area contributed by atoms with Gasteiger partial charge in [-0.2, -0.15) is 0 Å². The Balaban J connectivity index is 1.40. The second kappa shape index (κ2) is 9.95. The number of rotatable bonds is 5. The third-order valence-corrected chi connectivity index (χ3v) is 5.54. The molecule has 3 aromatic rings. The van der Waals surface area contributed by atoms with E-state index in [1.807, 2.05) is 30.3 Å². The Morgan fingerprint density at radius 2 is 1.52 bits per heavy atom. The van der Waals surface area contributed by atoms with Gasteiger partial charge in [-0.15, -0.1) is 0 Å². The third-order valence-electron chi connectivity index (χ3n) is 5.54. The van der Waals surface area contributed by atoms with Crippen LogP contribution in [0.15, 0.2) is 72.9 Å². The van der Waals surface area contributed by atoms with E-state index < -0.39 is 12.0 Å². The second-order valence-electron chi connectivity index (χ2n) is 7.80. The van der Waals surface area contributed by atoms with Gasteiger partial charge in [0.25, 0.3) is 5.91 Å². The second-order valence-corrected chi connectivity index (χ2v) is 7.80. The number of nitrogens with zero attached hydrogens (tertiary/aromatic N) is 2. The van der Waals surface area contributed by atoms with Crippen LogP contribution in [0.5, 0.6) is 0 Å². The van der Waals surface area contributed by atoms with E-state index in [1.54, 1.807) is 42.6 Å². The Morgan fingerprint density at radius 3 is 2.15 bits per heavy atom. The number of carboxylic acid groups (broad SMARTS) is 1. The summed E-state index contributed by atoms with van der Waals surface area (Å²) in [6.07, 6.45) is 3.64. The molecule has 1 atom stereocenters. The lowest BCUT2D eigenvalue weighted by molar-refractivity contribution is -0.143. The van der Waals surface area contributed by atoms with Crippen molar-refractivity contribution in [3.63, 3.8) is 0 Å². The third kappa shape index (κ3) is 5.35. The lowest BCUT2D eigenvalue weighted by atomic mass is 10.0. The van der Waals surface area contributed by atoms with Gasteiger partial charge in [-0.05, 0) is 55.2 Å². The van der Waals surface area contributed by atoms with E-state index in [-0.39, 0.29) is 17.6 Å². The molecule has 0 saturated carbocycles. The van der Waals surface area contributed by atoms with Gasteiger partial charge in [-0.3, -0.25) is 9.78 Å². The molecule has 2 aromatic carbocycles. The Hall–Kier alpha value is -4.20. The molecule has 1 unspecified atom stereocenters. The monoisotopic (exact) mass is 444 g/mol. The van der Waals surface area contributed by atoms with Crippen molar-refractivity contribution < 1.29 is 19.5 Å². The molecule has 0 bridgehead atoms. The maximum absolute atomic E-state index is 12.8. The van der Waals surface area contributed by atoms with Gasteiger partial charge in [0.2, 0.25) is 0 Å². The number of carbonyl (C=O) groups is 3. The molecule has 1 aliphatic heterocycles. The maximum Gasteiger partial charge on any atom is 0.326 e. The lowest BCUT2D eigenvalue weighted by Crippen LogP contribution is -2.48. The highest BCUT2D eigenvalue weighted by molar-refractivity contribution is 6.00. The molecular weight excluding hydrogens is 420 g/mol. The van der Waals surface area contributed by atoms with Gasteiger partial charge in [0.15, 0.2) is 0 Å². The number of hydrogen-bond donors (Lipinski definition) is 3. The Kier molecular flexibility index (Phi) is 6.64. The molecule has 4 rings (SSSR count). The number of hydrogen-bond acceptors (Lipinski definition) is 4. The van der Waals surface area contributed by atoms with Gasteiger partial charge >= 0.3 is 12.0 Å². The number of urea groups is 1. The highest BCUT2D eigenvalue weighted by atomic mass is 16.4. The fraction of sp³-hybridized carbons (Fsp3) is 0.200. The van der Waals surface area contributed by atoms with Crippen molar-refractivity contribution in [2.75, 3.05) is 17.2 Å². The van der Waals surface area contributed by atoms with Crippen LogP contribution in [0, 0.1) is 0 Å². The van der Waals surface area contributed by atoms with E-state index >= 15 is 0 Å². The Bertz CT molecular complexity index is 1130. The van der Waals surface area contributed by atoms with Crippen LogP contribution >= 0.6 is 0 Å². The lowest BCUT2D eigenvalue weighted by Gasteiger charge is -2.32. The molecule has 8 heteroatoms. The van der Waals surface area contributed by atoms with Crippen molar-refractivity contribution in [2.45, 2.75) is 25.3 Å². The molecule has 168 valence electrons. The first-order valence-electron chi connectivity index (χ1n) is 10.7. The zero-order valence-corrected chi connectivity index (χ0v) is 17.9. The SMILES string of the molecule is O=C(Nc1ccccc1)Nc1ccc(-c2ccc(C(=O)N3CCCCC3C(=O)O)nc2)cc1. The first kappa shape index (κ1) is 22.0. The molecule has 0 aliphatic carbocycles. The molecule has 1 fully saturated rings. The predicted octanol–water partition coefficient (Wildman–Crippen LogP) is 4.47. The zero-order chi connectivity index (χ0) is 23.2. The average Bonchev–Trinajstić information content (AvgIpc) is 2.85. The minimum atomic E-state index is -0.981. The van der Waals surface area contributed by atoms with Gasteiger partial charge in [-0.1, -0.05) is 36.4 Å². The Labute approximate surface area is 191 Å². The molecule has 8 nitrogen and oxygen atoms in total. The summed E-state index contributed by atoms with van der Waals surface area (Å²) in [6, 6.07) is 18.7. The van der Waals surface area contributed by atoms with Crippen molar-refractivity contribution in [1.82, 2.24) is 9.88 Å². The molecule has 1 saturated heterocycles. The molecule has 1 aliphatic rings. The molecular formula is C25H24N4O4. The highest BCUT2D eigenvalue weighted by Crippen LogP contribution is 2.23. The number of piperidine rings is 1. The minimum Gasteiger partial charge on any atom is -0.480 e. The number of amides is 3. The van der Waals surface area contributed by atoms with E-state index in [0.717, 1.165) is 24.0 Å². The van der Waals surface area contributed by atoms with Crippen molar-refractivity contribution in [3.8, 4) is 11.1 Å². The normalized spacial score (nSPS) is 15.5. The number of carbonyl (C=O) groups excluding carboxylic acids is 2. The van der Waals surface area contributed by atoms with Crippen LogP contribution in [-0.4, -0.2) is 45.5 Å². The molecule has 2 heterocycles. The summed E-state index contributed by atoms with van der Waals surface area (Å²) in [5.41, 5.74) is 3.24. The quantitative estimate of drug-likeness (QED) is 0.538. The van der Waals surface area contributed by atoms with Crippen molar-refractivity contribution >= 4 is 29.3 Å². The largest absolute Gasteiger partial charge is 0.480 e. The fourth-order valence-corrected chi connectivity index (χ4v) is 3.83. The van der Waals surface area contributed by atoms with Gasteiger partial charge in [0.1, 0.15) is 11.7 Å². The van der Waals surface area contributed by atoms with Crippen LogP contribution in [-0.2, 0) is 4.79 Å². The maximum atomic E-state index is 12.8. The van der Waals surface area contributed by atoms with Crippen molar-refractivity contribution in [1.29, 1.82) is 0 Å². The summed E-state index contributed by atoms with van der Waals surface area (Å²) in [6.45, 7) is 0.422. The minimum absolute atomic E-state index is 0.225. The van der Waals surface area contributed by atoms with Crippen molar-refractivity contribution in [3.05, 3.63) is 78.6 Å². The van der Waals surface area contributed by atoms with Crippen LogP contribution in [0.3, 0.4) is 0 Å². The summed E-state index contributed by atoms with van der Waals surface area (Å²) in [5, 5.41) is 14.9. The van der Waals surface area contributed by atoms with E-state index in [9.17, 15) is 19.5 Å². The van der Waals surface area contributed by atoms with Gasteiger partial charge in [-0.25, -0.2) is 9.59 Å². The number of aliphatic carboxylic acids is 1. The molecule has 33 heavy (non-hydrogen) atoms. The van der Waals surface area contributed by atoms with E-state index in [0.29, 0.717) is 24.3 Å². The Morgan fingerprint density at radius 1 is 0.848 bits per heavy atom. The number of aromatic nitrogens is 1. The topological polar surface area (TPSA) is 112 Å². The number of para-hydroxylation sites is 1. The number of carboxylic acids is 1. The highest BCUT2D eigenvalue weighted by Gasteiger charge is 2.32. The van der Waals surface area contributed by atoms with Crippen LogP contribution in [0.4, 0.5) is 16.2 Å². The number of benzene rings is 2. The summed E-state index contributed by atoms with van der Waals surface area (Å²) >= 11 is 0. The first-order valence-corrected chi connectivity index (χ1v) is 10.7. The summed E-state index contributed by atoms with van der Waals surface area (Å²) in [5.74, 6) is -1.34. The van der Waals surface area contributed by atoms with E-state index in [2.05, 4.69) is 15.6 Å². The van der Waals surface area contributed by atoms with Crippen LogP contribution in [0.25, 0.3) is 11.1 Å². The molecule has 0 spiro atoms. The number of pyridine rings is 1. The summed E-state index contributed by atoms with van der Waals surface area (Å²) in [4.78, 5) is 42.1. The van der Waals surface area contributed by atoms with Gasteiger partial charge in [0, 0.05) is 29.7 Å². The van der Waals surface area contributed by atoms with Crippen LogP contribution in [0.2, 0.25) is 0 Å². The molecule has 0 radical (unpaired) electrons. The standard InChI is InChI=1S/C25H24N4O4/c30-23(29-15-5-4-8-22(29)24(31)32)21-14-11-18(16-26-21)17-9-12-20(13-10-17)28-25(33)27-19-6-2-1-3-7-19/h1-3,6-7,9-14,16,22H,4-5,8,15H2,(H,31,32)(H2,27,28,33). The van der Waals surface area contributed by atoms with Crippen LogP contribution in [0.1, 0.15) is 29.8 Å². The average molecular weight is 444 g/mol. The zero-order valence-electron chi connectivity index (χ0n) is 17.9. The number of anilines is 2. The van der Waals surface area contributed by atoms with Crippen molar-refractivity contribution in [2.24, 2.45) is 0 Å². The molecule has 3 N–H and O–H groups in total. The summed E-state index contributed by atoms with van der Waals surface area (Å²) in [7, 11) is 0. The number of nitrogens with one attached hydrogen (secondary N) is 2. The van der Waals surface area contributed by atoms with Crippen LogP contribution < -0.4 is 10.6 Å². The molecule has 1 aromatic heterocycles. The van der Waals surface area contributed by atoms with E-state index in [4.69, 9.17) is 0 Å². The summed E-state index contributed by atoms with van der Waals surface area (Å²) < 4.78 is 0. The van der Waals surface area contributed by atoms with E-state index in [1.165, 1.54) is 4.90 Å². The smallest absolute Gasteiger partial charge is 0.326 e. The van der Waals surface area contributed by atoms with Gasteiger partial charge < -0.3 is 20.6 Å². The van der Waals surface area contributed by atoms with Gasteiger partial charge in [0.05, 0.1) is 0 Å². The molecule has 3 amide bonds. The fourth-order valence-electron chi connectivity index (χ4n) is 3.83. The number of likely N-dealkylation sites (tertiary alicyclic amines) is 1. The predicted molar refractivity (Wildman–Crippen MR) is 125 cm³/mol.